The van der Waals surface area contributed by atoms with Gasteiger partial charge in [0, 0.05) is 22.8 Å². The van der Waals surface area contributed by atoms with Gasteiger partial charge in [0.15, 0.2) is 0 Å². The normalized spacial score (nSPS) is 13.4. The molecule has 2 aromatic rings. The molecule has 0 bridgehead atoms. The fourth-order valence-corrected chi connectivity index (χ4v) is 3.01. The number of hydrogen-bond donors (Lipinski definition) is 1. The van der Waals surface area contributed by atoms with Crippen molar-refractivity contribution in [3.05, 3.63) is 70.5 Å². The summed E-state index contributed by atoms with van der Waals surface area (Å²) >= 11 is 5.83. The maximum Gasteiger partial charge on any atom is 0.253 e. The van der Waals surface area contributed by atoms with Crippen molar-refractivity contribution in [2.45, 2.75) is 6.04 Å². The lowest BCUT2D eigenvalue weighted by Gasteiger charge is -2.18. The van der Waals surface area contributed by atoms with E-state index in [1.807, 2.05) is 30.3 Å². The first-order valence-electron chi connectivity index (χ1n) is 6.59. The second-order valence-corrected chi connectivity index (χ2v) is 6.64. The van der Waals surface area contributed by atoms with Crippen LogP contribution in [0.2, 0.25) is 5.02 Å². The molecule has 2 rings (SSSR count). The summed E-state index contributed by atoms with van der Waals surface area (Å²) in [5.74, 6) is -0.878. The van der Waals surface area contributed by atoms with Crippen molar-refractivity contribution >= 4 is 28.3 Å². The number of carbonyl (C=O) groups is 1. The quantitative estimate of drug-likeness (QED) is 0.908. The van der Waals surface area contributed by atoms with Gasteiger partial charge in [0.05, 0.1) is 16.6 Å². The van der Waals surface area contributed by atoms with Crippen molar-refractivity contribution in [2.75, 3.05) is 12.0 Å². The van der Waals surface area contributed by atoms with Gasteiger partial charge in [-0.2, -0.15) is 0 Å². The van der Waals surface area contributed by atoms with Gasteiger partial charge in [-0.15, -0.1) is 0 Å². The number of hydrogen-bond acceptors (Lipinski definition) is 2. The summed E-state index contributed by atoms with van der Waals surface area (Å²) in [4.78, 5) is 12.3. The van der Waals surface area contributed by atoms with E-state index in [4.69, 9.17) is 11.6 Å². The molecule has 116 valence electrons. The van der Waals surface area contributed by atoms with Crippen LogP contribution < -0.4 is 5.32 Å². The third-order valence-corrected chi connectivity index (χ3v) is 4.29. The van der Waals surface area contributed by atoms with Crippen LogP contribution in [0.4, 0.5) is 4.39 Å². The third kappa shape index (κ3) is 4.15. The number of amides is 1. The van der Waals surface area contributed by atoms with Crippen molar-refractivity contribution in [2.24, 2.45) is 0 Å². The van der Waals surface area contributed by atoms with Crippen LogP contribution in [0.1, 0.15) is 22.0 Å². The Kier molecular flexibility index (Phi) is 5.69. The highest BCUT2D eigenvalue weighted by Gasteiger charge is 2.19. The van der Waals surface area contributed by atoms with Crippen LogP contribution >= 0.6 is 11.6 Å². The number of benzene rings is 2. The number of halogens is 2. The van der Waals surface area contributed by atoms with Crippen molar-refractivity contribution in [3.63, 3.8) is 0 Å². The minimum atomic E-state index is -1.10. The van der Waals surface area contributed by atoms with Gasteiger partial charge in [-0.3, -0.25) is 9.00 Å². The second kappa shape index (κ2) is 7.51. The van der Waals surface area contributed by atoms with Gasteiger partial charge < -0.3 is 5.32 Å². The molecule has 1 amide bonds. The Morgan fingerprint density at radius 1 is 1.23 bits per heavy atom. The van der Waals surface area contributed by atoms with Gasteiger partial charge in [0.2, 0.25) is 0 Å². The fraction of sp³-hybridized carbons (Fsp3) is 0.188. The number of rotatable bonds is 5. The Labute approximate surface area is 136 Å². The summed E-state index contributed by atoms with van der Waals surface area (Å²) in [7, 11) is -1.10. The summed E-state index contributed by atoms with van der Waals surface area (Å²) in [5, 5.41) is 2.55. The van der Waals surface area contributed by atoms with Crippen molar-refractivity contribution in [1.29, 1.82) is 0 Å². The van der Waals surface area contributed by atoms with Gasteiger partial charge in [0.25, 0.3) is 5.91 Å². The molecule has 2 atom stereocenters. The molecule has 0 unspecified atom stereocenters. The van der Waals surface area contributed by atoms with Gasteiger partial charge in [-0.1, -0.05) is 48.0 Å². The van der Waals surface area contributed by atoms with Gasteiger partial charge >= 0.3 is 0 Å². The first kappa shape index (κ1) is 16.6. The van der Waals surface area contributed by atoms with E-state index in [-0.39, 0.29) is 16.3 Å². The van der Waals surface area contributed by atoms with E-state index in [0.717, 1.165) is 5.56 Å². The molecule has 0 spiro atoms. The van der Waals surface area contributed by atoms with E-state index in [1.165, 1.54) is 18.2 Å². The Hall–Kier alpha value is -1.72. The largest absolute Gasteiger partial charge is 0.344 e. The third-order valence-electron chi connectivity index (χ3n) is 3.10. The molecule has 1 N–H and O–H groups in total. The molecule has 0 saturated heterocycles. The predicted octanol–water partition coefficient (Wildman–Crippen LogP) is 3.33. The highest BCUT2D eigenvalue weighted by molar-refractivity contribution is 7.84. The molecule has 0 saturated carbocycles. The van der Waals surface area contributed by atoms with E-state index >= 15 is 0 Å². The summed E-state index contributed by atoms with van der Waals surface area (Å²) in [6.07, 6.45) is 1.57. The van der Waals surface area contributed by atoms with Crippen LogP contribution in [0.25, 0.3) is 0 Å². The molecule has 0 fully saturated rings. The Bertz CT molecular complexity index is 694. The lowest BCUT2D eigenvalue weighted by atomic mass is 10.1. The second-order valence-electron chi connectivity index (χ2n) is 4.78. The SMILES string of the molecule is C[S@@](=O)C[C@@H](NC(=O)c1cccc(F)c1Cl)c1ccccc1. The molecule has 0 aliphatic carbocycles. The molecule has 0 heterocycles. The van der Waals surface area contributed by atoms with Gasteiger partial charge in [0.1, 0.15) is 5.82 Å². The molecule has 0 aromatic heterocycles. The topological polar surface area (TPSA) is 46.2 Å². The molecule has 3 nitrogen and oxygen atoms in total. The van der Waals surface area contributed by atoms with Crippen LogP contribution in [-0.4, -0.2) is 22.1 Å². The standard InChI is InChI=1S/C16H15ClFNO2S/c1-22(21)10-14(11-6-3-2-4-7-11)19-16(20)12-8-5-9-13(18)15(12)17/h2-9,14H,10H2,1H3,(H,19,20)/t14-,22-/m1/s1. The first-order chi connectivity index (χ1) is 10.5. The van der Waals surface area contributed by atoms with Crippen molar-refractivity contribution in [3.8, 4) is 0 Å². The fourth-order valence-electron chi connectivity index (χ4n) is 2.06. The van der Waals surface area contributed by atoms with Crippen LogP contribution in [0.15, 0.2) is 48.5 Å². The molecule has 0 aliphatic heterocycles. The molecule has 22 heavy (non-hydrogen) atoms. The van der Waals surface area contributed by atoms with E-state index < -0.39 is 28.6 Å². The Morgan fingerprint density at radius 3 is 2.55 bits per heavy atom. The molecule has 0 radical (unpaired) electrons. The van der Waals surface area contributed by atoms with E-state index in [9.17, 15) is 13.4 Å². The maximum atomic E-state index is 13.4. The van der Waals surface area contributed by atoms with E-state index in [1.54, 1.807) is 6.26 Å². The smallest absolute Gasteiger partial charge is 0.253 e. The molecule has 6 heteroatoms. The summed E-state index contributed by atoms with van der Waals surface area (Å²) in [6.45, 7) is 0. The highest BCUT2D eigenvalue weighted by Crippen LogP contribution is 2.21. The summed E-state index contributed by atoms with van der Waals surface area (Å²) in [5.41, 5.74) is 0.892. The van der Waals surface area contributed by atoms with Gasteiger partial charge in [-0.05, 0) is 17.7 Å². The average molecular weight is 340 g/mol. The van der Waals surface area contributed by atoms with Crippen LogP contribution in [0.3, 0.4) is 0 Å². The lowest BCUT2D eigenvalue weighted by Crippen LogP contribution is -2.32. The summed E-state index contributed by atoms with van der Waals surface area (Å²) in [6, 6.07) is 12.8. The highest BCUT2D eigenvalue weighted by atomic mass is 35.5. The van der Waals surface area contributed by atoms with Crippen molar-refractivity contribution in [1.82, 2.24) is 5.32 Å². The number of nitrogens with one attached hydrogen (secondary N) is 1. The monoisotopic (exact) mass is 339 g/mol. The van der Waals surface area contributed by atoms with Crippen LogP contribution in [0.5, 0.6) is 0 Å². The van der Waals surface area contributed by atoms with E-state index in [2.05, 4.69) is 5.32 Å². The summed E-state index contributed by atoms with van der Waals surface area (Å²) < 4.78 is 25.0. The maximum absolute atomic E-state index is 13.4. The zero-order valence-electron chi connectivity index (χ0n) is 11.9. The van der Waals surface area contributed by atoms with Crippen LogP contribution in [-0.2, 0) is 10.8 Å². The molecule has 2 aromatic carbocycles. The Morgan fingerprint density at radius 2 is 1.91 bits per heavy atom. The molecular formula is C16H15ClFNO2S. The average Bonchev–Trinajstić information content (AvgIpc) is 2.49. The Balaban J connectivity index is 2.25. The molecular weight excluding hydrogens is 325 g/mol. The van der Waals surface area contributed by atoms with Crippen LogP contribution in [0, 0.1) is 5.82 Å². The minimum absolute atomic E-state index is 0.0597. The van der Waals surface area contributed by atoms with Crippen molar-refractivity contribution < 1.29 is 13.4 Å². The van der Waals surface area contributed by atoms with Gasteiger partial charge in [-0.25, -0.2) is 4.39 Å². The first-order valence-corrected chi connectivity index (χ1v) is 8.69. The zero-order chi connectivity index (χ0) is 16.1. The predicted molar refractivity (Wildman–Crippen MR) is 87.0 cm³/mol. The lowest BCUT2D eigenvalue weighted by molar-refractivity contribution is 0.0940. The van der Waals surface area contributed by atoms with E-state index in [0.29, 0.717) is 0 Å². The zero-order valence-corrected chi connectivity index (χ0v) is 13.5. The number of carbonyl (C=O) groups excluding carboxylic acids is 1. The minimum Gasteiger partial charge on any atom is -0.344 e. The molecule has 0 aliphatic rings.